The van der Waals surface area contributed by atoms with E-state index in [0.29, 0.717) is 12.2 Å². The molecular weight excluding hydrogens is 234 g/mol. The van der Waals surface area contributed by atoms with Crippen LogP contribution in [0, 0.1) is 0 Å². The third kappa shape index (κ3) is 2.11. The Kier molecular flexibility index (Phi) is 3.40. The number of esters is 1. The Labute approximate surface area is 104 Å². The lowest BCUT2D eigenvalue weighted by Gasteiger charge is -2.03. The third-order valence-electron chi connectivity index (χ3n) is 2.53. The van der Waals surface area contributed by atoms with Crippen molar-refractivity contribution in [2.45, 2.75) is 19.9 Å². The number of nitrogens with zero attached hydrogens (tertiary/aromatic N) is 5. The van der Waals surface area contributed by atoms with Gasteiger partial charge in [-0.1, -0.05) is 12.1 Å². The lowest BCUT2D eigenvalue weighted by molar-refractivity contribution is 0.0595. The van der Waals surface area contributed by atoms with Crippen molar-refractivity contribution in [2.75, 3.05) is 7.11 Å². The van der Waals surface area contributed by atoms with Gasteiger partial charge in [0.1, 0.15) is 5.69 Å². The van der Waals surface area contributed by atoms with Crippen LogP contribution in [-0.4, -0.2) is 37.9 Å². The van der Waals surface area contributed by atoms with Crippen molar-refractivity contribution in [1.82, 2.24) is 24.8 Å². The van der Waals surface area contributed by atoms with Crippen molar-refractivity contribution in [3.63, 3.8) is 0 Å². The van der Waals surface area contributed by atoms with E-state index >= 15 is 0 Å². The maximum absolute atomic E-state index is 11.7. The minimum Gasteiger partial charge on any atom is -0.464 e. The molecule has 2 heterocycles. The second-order valence-corrected chi connectivity index (χ2v) is 3.90. The summed E-state index contributed by atoms with van der Waals surface area (Å²) in [6.07, 6.45) is 4.39. The van der Waals surface area contributed by atoms with Gasteiger partial charge in [-0.25, -0.2) is 9.48 Å². The zero-order valence-electron chi connectivity index (χ0n) is 10.6. The molecule has 96 valence electrons. The topological polar surface area (TPSA) is 74.8 Å². The fourth-order valence-electron chi connectivity index (χ4n) is 1.74. The highest BCUT2D eigenvalue weighted by molar-refractivity contribution is 5.93. The first-order valence-corrected chi connectivity index (χ1v) is 5.68. The molecule has 0 unspecified atom stereocenters. The third-order valence-corrected chi connectivity index (χ3v) is 2.53. The van der Waals surface area contributed by atoms with Gasteiger partial charge in [-0.15, -0.1) is 5.10 Å². The number of rotatable bonds is 4. The van der Waals surface area contributed by atoms with Crippen molar-refractivity contribution in [1.29, 1.82) is 0 Å². The van der Waals surface area contributed by atoms with E-state index in [1.807, 2.05) is 20.2 Å². The molecule has 0 aliphatic carbocycles. The van der Waals surface area contributed by atoms with E-state index in [0.717, 1.165) is 12.0 Å². The summed E-state index contributed by atoms with van der Waals surface area (Å²) >= 11 is 0. The second kappa shape index (κ2) is 4.99. The van der Waals surface area contributed by atoms with E-state index in [4.69, 9.17) is 4.74 Å². The first-order chi connectivity index (χ1) is 8.67. The Morgan fingerprint density at radius 1 is 1.50 bits per heavy atom. The molecular formula is C11H15N5O2. The number of hydrogen-bond acceptors (Lipinski definition) is 5. The van der Waals surface area contributed by atoms with Crippen LogP contribution in [0.4, 0.5) is 0 Å². The molecule has 2 aromatic rings. The molecule has 0 aliphatic rings. The van der Waals surface area contributed by atoms with Gasteiger partial charge >= 0.3 is 5.97 Å². The van der Waals surface area contributed by atoms with Gasteiger partial charge in [0.05, 0.1) is 13.3 Å². The zero-order valence-corrected chi connectivity index (χ0v) is 10.6. The zero-order chi connectivity index (χ0) is 13.1. The summed E-state index contributed by atoms with van der Waals surface area (Å²) in [7, 11) is 3.14. The van der Waals surface area contributed by atoms with Crippen LogP contribution in [0.25, 0.3) is 11.3 Å². The highest BCUT2D eigenvalue weighted by Gasteiger charge is 2.22. The molecule has 0 spiro atoms. The summed E-state index contributed by atoms with van der Waals surface area (Å²) in [5.41, 5.74) is 1.67. The summed E-state index contributed by atoms with van der Waals surface area (Å²) in [5, 5.41) is 12.0. The van der Waals surface area contributed by atoms with Crippen LogP contribution in [0.2, 0.25) is 0 Å². The summed E-state index contributed by atoms with van der Waals surface area (Å²) < 4.78 is 8.08. The number of methoxy groups -OCH3 is 1. The maximum Gasteiger partial charge on any atom is 0.360 e. The van der Waals surface area contributed by atoms with Crippen molar-refractivity contribution in [3.8, 4) is 11.3 Å². The van der Waals surface area contributed by atoms with Gasteiger partial charge in [-0.3, -0.25) is 4.68 Å². The quantitative estimate of drug-likeness (QED) is 0.752. The van der Waals surface area contributed by atoms with Gasteiger partial charge in [0.2, 0.25) is 0 Å². The van der Waals surface area contributed by atoms with Crippen LogP contribution >= 0.6 is 0 Å². The molecule has 7 nitrogen and oxygen atoms in total. The SMILES string of the molecule is CCCn1nnc(C(=O)OC)c1-c1cnn(C)c1. The smallest absolute Gasteiger partial charge is 0.360 e. The first kappa shape index (κ1) is 12.3. The van der Waals surface area contributed by atoms with Crippen LogP contribution in [0.3, 0.4) is 0 Å². The van der Waals surface area contributed by atoms with Crippen LogP contribution < -0.4 is 0 Å². The molecule has 0 aromatic carbocycles. The molecule has 0 fully saturated rings. The molecule has 2 rings (SSSR count). The van der Waals surface area contributed by atoms with E-state index in [9.17, 15) is 4.79 Å². The van der Waals surface area contributed by atoms with E-state index in [1.54, 1.807) is 15.6 Å². The number of aryl methyl sites for hydroxylation is 2. The average Bonchev–Trinajstić information content (AvgIpc) is 2.95. The fourth-order valence-corrected chi connectivity index (χ4v) is 1.74. The molecule has 0 N–H and O–H groups in total. The minimum absolute atomic E-state index is 0.221. The summed E-state index contributed by atoms with van der Waals surface area (Å²) in [6, 6.07) is 0. The van der Waals surface area contributed by atoms with Crippen LogP contribution in [0.15, 0.2) is 12.4 Å². The van der Waals surface area contributed by atoms with Crippen LogP contribution in [0.5, 0.6) is 0 Å². The molecule has 0 amide bonds. The molecule has 0 aliphatic heterocycles. The summed E-state index contributed by atoms with van der Waals surface area (Å²) in [6.45, 7) is 2.72. The number of hydrogen-bond donors (Lipinski definition) is 0. The molecule has 0 saturated carbocycles. The van der Waals surface area contributed by atoms with E-state index in [2.05, 4.69) is 15.4 Å². The van der Waals surface area contributed by atoms with Gasteiger partial charge in [0, 0.05) is 25.4 Å². The van der Waals surface area contributed by atoms with Gasteiger partial charge in [-0.05, 0) is 6.42 Å². The Morgan fingerprint density at radius 3 is 2.83 bits per heavy atom. The van der Waals surface area contributed by atoms with Crippen LogP contribution in [-0.2, 0) is 18.3 Å². The maximum atomic E-state index is 11.7. The van der Waals surface area contributed by atoms with E-state index < -0.39 is 5.97 Å². The largest absolute Gasteiger partial charge is 0.464 e. The number of aromatic nitrogens is 5. The molecule has 2 aromatic heterocycles. The van der Waals surface area contributed by atoms with Crippen LogP contribution in [0.1, 0.15) is 23.8 Å². The predicted octanol–water partition coefficient (Wildman–Crippen LogP) is 0.875. The van der Waals surface area contributed by atoms with Gasteiger partial charge < -0.3 is 4.74 Å². The monoisotopic (exact) mass is 249 g/mol. The number of carbonyl (C=O) groups is 1. The molecule has 0 saturated heterocycles. The molecule has 7 heteroatoms. The van der Waals surface area contributed by atoms with E-state index in [-0.39, 0.29) is 5.69 Å². The van der Waals surface area contributed by atoms with Crippen molar-refractivity contribution in [3.05, 3.63) is 18.1 Å². The van der Waals surface area contributed by atoms with Gasteiger partial charge in [0.15, 0.2) is 5.69 Å². The normalized spacial score (nSPS) is 10.6. The average molecular weight is 249 g/mol. The number of carbonyl (C=O) groups excluding carboxylic acids is 1. The first-order valence-electron chi connectivity index (χ1n) is 5.68. The Hall–Kier alpha value is -2.18. The van der Waals surface area contributed by atoms with Crippen molar-refractivity contribution < 1.29 is 9.53 Å². The number of ether oxygens (including phenoxy) is 1. The Morgan fingerprint density at radius 2 is 2.28 bits per heavy atom. The Balaban J connectivity index is 2.53. The Bertz CT molecular complexity index is 558. The molecule has 0 bridgehead atoms. The lowest BCUT2D eigenvalue weighted by Crippen LogP contribution is -2.06. The summed E-state index contributed by atoms with van der Waals surface area (Å²) in [4.78, 5) is 11.7. The standard InChI is InChI=1S/C11H15N5O2/c1-4-5-16-10(8-6-12-15(2)7-8)9(13-14-16)11(17)18-3/h6-7H,4-5H2,1-3H3. The van der Waals surface area contributed by atoms with Gasteiger partial charge in [0.25, 0.3) is 0 Å². The van der Waals surface area contributed by atoms with E-state index in [1.165, 1.54) is 7.11 Å². The highest BCUT2D eigenvalue weighted by atomic mass is 16.5. The van der Waals surface area contributed by atoms with Gasteiger partial charge in [-0.2, -0.15) is 5.10 Å². The highest BCUT2D eigenvalue weighted by Crippen LogP contribution is 2.22. The fraction of sp³-hybridized carbons (Fsp3) is 0.455. The molecule has 0 radical (unpaired) electrons. The molecule has 18 heavy (non-hydrogen) atoms. The predicted molar refractivity (Wildman–Crippen MR) is 63.9 cm³/mol. The summed E-state index contributed by atoms with van der Waals surface area (Å²) in [5.74, 6) is -0.490. The molecule has 0 atom stereocenters. The lowest BCUT2D eigenvalue weighted by atomic mass is 10.2. The van der Waals surface area contributed by atoms with Crippen molar-refractivity contribution in [2.24, 2.45) is 7.05 Å². The second-order valence-electron chi connectivity index (χ2n) is 3.90. The van der Waals surface area contributed by atoms with Crippen molar-refractivity contribution >= 4 is 5.97 Å². The minimum atomic E-state index is -0.490.